The third kappa shape index (κ3) is 4.65. The average molecular weight is 308 g/mol. The Labute approximate surface area is 134 Å². The fourth-order valence-corrected chi connectivity index (χ4v) is 4.05. The van der Waals surface area contributed by atoms with Crippen LogP contribution in [0.2, 0.25) is 0 Å². The normalized spacial score (nSPS) is 19.2. The fraction of sp³-hybridized carbons (Fsp3) is 0.667. The first-order valence-corrected chi connectivity index (χ1v) is 9.43. The van der Waals surface area contributed by atoms with Crippen LogP contribution in [0.25, 0.3) is 0 Å². The van der Waals surface area contributed by atoms with Gasteiger partial charge in [0.05, 0.1) is 6.61 Å². The third-order valence-corrected chi connectivity index (χ3v) is 6.04. The zero-order valence-electron chi connectivity index (χ0n) is 13.7. The Kier molecular flexibility index (Phi) is 6.43. The van der Waals surface area contributed by atoms with E-state index in [1.165, 1.54) is 37.7 Å². The molecule has 0 amide bonds. The van der Waals surface area contributed by atoms with Crippen molar-refractivity contribution in [2.45, 2.75) is 56.7 Å². The second-order valence-corrected chi connectivity index (χ2v) is 7.33. The zero-order valence-corrected chi connectivity index (χ0v) is 14.5. The van der Waals surface area contributed by atoms with E-state index in [0.29, 0.717) is 10.8 Å². The number of rotatable bonds is 7. The van der Waals surface area contributed by atoms with Crippen LogP contribution < -0.4 is 10.1 Å². The molecule has 0 aliphatic heterocycles. The summed E-state index contributed by atoms with van der Waals surface area (Å²) in [6, 6.07) is 8.89. The van der Waals surface area contributed by atoms with Gasteiger partial charge in [0, 0.05) is 17.3 Å². The SMILES string of the molecule is CCOc1ccc(C(C)NCC2(SC)CCCCC2)cc1. The van der Waals surface area contributed by atoms with Gasteiger partial charge in [-0.1, -0.05) is 31.4 Å². The molecule has 0 radical (unpaired) electrons. The summed E-state index contributed by atoms with van der Waals surface area (Å²) in [4.78, 5) is 0. The van der Waals surface area contributed by atoms with Crippen molar-refractivity contribution >= 4 is 11.8 Å². The van der Waals surface area contributed by atoms with Crippen molar-refractivity contribution in [2.24, 2.45) is 0 Å². The molecule has 21 heavy (non-hydrogen) atoms. The highest BCUT2D eigenvalue weighted by molar-refractivity contribution is 8.00. The zero-order chi connectivity index (χ0) is 15.1. The van der Waals surface area contributed by atoms with Gasteiger partial charge in [0.2, 0.25) is 0 Å². The van der Waals surface area contributed by atoms with Gasteiger partial charge in [0.15, 0.2) is 0 Å². The van der Waals surface area contributed by atoms with Crippen molar-refractivity contribution in [3.63, 3.8) is 0 Å². The van der Waals surface area contributed by atoms with Gasteiger partial charge in [0.25, 0.3) is 0 Å². The van der Waals surface area contributed by atoms with Gasteiger partial charge in [-0.25, -0.2) is 0 Å². The number of thioether (sulfide) groups is 1. The molecule has 0 aromatic heterocycles. The molecule has 1 fully saturated rings. The van der Waals surface area contributed by atoms with E-state index < -0.39 is 0 Å². The topological polar surface area (TPSA) is 21.3 Å². The van der Waals surface area contributed by atoms with E-state index in [2.05, 4.69) is 54.5 Å². The van der Waals surface area contributed by atoms with Crippen molar-refractivity contribution in [1.82, 2.24) is 5.32 Å². The molecule has 1 aliphatic carbocycles. The fourth-order valence-electron chi connectivity index (χ4n) is 3.13. The van der Waals surface area contributed by atoms with Crippen LogP contribution in [0, 0.1) is 0 Å². The average Bonchev–Trinajstić information content (AvgIpc) is 2.54. The lowest BCUT2D eigenvalue weighted by molar-refractivity contribution is 0.340. The molecule has 1 atom stereocenters. The van der Waals surface area contributed by atoms with Gasteiger partial charge in [-0.15, -0.1) is 0 Å². The van der Waals surface area contributed by atoms with Crippen molar-refractivity contribution in [2.75, 3.05) is 19.4 Å². The maximum atomic E-state index is 5.51. The van der Waals surface area contributed by atoms with Gasteiger partial charge < -0.3 is 10.1 Å². The van der Waals surface area contributed by atoms with Gasteiger partial charge in [-0.3, -0.25) is 0 Å². The molecule has 2 rings (SSSR count). The Bertz CT molecular complexity index is 412. The predicted octanol–water partition coefficient (Wildman–Crippen LogP) is 4.80. The molecule has 0 spiro atoms. The first-order chi connectivity index (χ1) is 10.2. The molecule has 1 N–H and O–H groups in total. The summed E-state index contributed by atoms with van der Waals surface area (Å²) in [7, 11) is 0. The molecule has 2 nitrogen and oxygen atoms in total. The van der Waals surface area contributed by atoms with E-state index in [0.717, 1.165) is 18.9 Å². The second-order valence-electron chi connectivity index (χ2n) is 6.05. The van der Waals surface area contributed by atoms with Crippen LogP contribution in [0.5, 0.6) is 5.75 Å². The molecule has 0 heterocycles. The van der Waals surface area contributed by atoms with Crippen molar-refractivity contribution in [1.29, 1.82) is 0 Å². The molecule has 1 aromatic carbocycles. The van der Waals surface area contributed by atoms with E-state index in [-0.39, 0.29) is 0 Å². The standard InChI is InChI=1S/C18H29NOS/c1-4-20-17-10-8-16(9-11-17)15(2)19-14-18(21-3)12-6-5-7-13-18/h8-11,15,19H,4-7,12-14H2,1-3H3. The van der Waals surface area contributed by atoms with Gasteiger partial charge in [-0.05, 0) is 50.6 Å². The Morgan fingerprint density at radius 2 is 1.86 bits per heavy atom. The Morgan fingerprint density at radius 1 is 1.19 bits per heavy atom. The minimum absolute atomic E-state index is 0.395. The summed E-state index contributed by atoms with van der Waals surface area (Å²) in [6.45, 7) is 6.11. The monoisotopic (exact) mass is 307 g/mol. The number of hydrogen-bond acceptors (Lipinski definition) is 3. The van der Waals surface area contributed by atoms with Crippen LogP contribution in [-0.2, 0) is 0 Å². The van der Waals surface area contributed by atoms with Crippen molar-refractivity contribution < 1.29 is 4.74 Å². The largest absolute Gasteiger partial charge is 0.494 e. The first kappa shape index (κ1) is 16.7. The summed E-state index contributed by atoms with van der Waals surface area (Å²) in [5, 5.41) is 3.75. The van der Waals surface area contributed by atoms with E-state index in [1.54, 1.807) is 0 Å². The lowest BCUT2D eigenvalue weighted by atomic mass is 9.88. The van der Waals surface area contributed by atoms with Crippen LogP contribution >= 0.6 is 11.8 Å². The van der Waals surface area contributed by atoms with Crippen LogP contribution in [0.1, 0.15) is 57.6 Å². The molecule has 0 bridgehead atoms. The van der Waals surface area contributed by atoms with E-state index >= 15 is 0 Å². The van der Waals surface area contributed by atoms with Gasteiger partial charge in [0.1, 0.15) is 5.75 Å². The molecular weight excluding hydrogens is 278 g/mol. The molecule has 1 aromatic rings. The van der Waals surface area contributed by atoms with Crippen LogP contribution in [0.3, 0.4) is 0 Å². The lowest BCUT2D eigenvalue weighted by Gasteiger charge is -2.37. The predicted molar refractivity (Wildman–Crippen MR) is 93.4 cm³/mol. The lowest BCUT2D eigenvalue weighted by Crippen LogP contribution is -2.40. The highest BCUT2D eigenvalue weighted by Crippen LogP contribution is 2.38. The quantitative estimate of drug-likeness (QED) is 0.781. The van der Waals surface area contributed by atoms with Crippen LogP contribution in [0.4, 0.5) is 0 Å². The van der Waals surface area contributed by atoms with E-state index in [4.69, 9.17) is 4.74 Å². The smallest absolute Gasteiger partial charge is 0.119 e. The summed E-state index contributed by atoms with van der Waals surface area (Å²) in [6.07, 6.45) is 9.18. The van der Waals surface area contributed by atoms with Crippen LogP contribution in [0.15, 0.2) is 24.3 Å². The molecule has 1 unspecified atom stereocenters. The number of ether oxygens (including phenoxy) is 1. The van der Waals surface area contributed by atoms with Crippen LogP contribution in [-0.4, -0.2) is 24.2 Å². The van der Waals surface area contributed by atoms with E-state index in [9.17, 15) is 0 Å². The molecule has 1 saturated carbocycles. The Hall–Kier alpha value is -0.670. The highest BCUT2D eigenvalue weighted by atomic mass is 32.2. The summed E-state index contributed by atoms with van der Waals surface area (Å²) in [5.74, 6) is 0.960. The van der Waals surface area contributed by atoms with Gasteiger partial charge in [-0.2, -0.15) is 11.8 Å². The summed E-state index contributed by atoms with van der Waals surface area (Å²) >= 11 is 2.06. The van der Waals surface area contributed by atoms with Gasteiger partial charge >= 0.3 is 0 Å². The third-order valence-electron chi connectivity index (χ3n) is 4.62. The maximum absolute atomic E-state index is 5.51. The van der Waals surface area contributed by atoms with E-state index in [1.807, 2.05) is 6.92 Å². The summed E-state index contributed by atoms with van der Waals surface area (Å²) in [5.41, 5.74) is 1.34. The second kappa shape index (κ2) is 8.09. The molecule has 3 heteroatoms. The molecule has 0 saturated heterocycles. The van der Waals surface area contributed by atoms with Crippen molar-refractivity contribution in [3.05, 3.63) is 29.8 Å². The minimum atomic E-state index is 0.395. The maximum Gasteiger partial charge on any atom is 0.119 e. The number of benzene rings is 1. The summed E-state index contributed by atoms with van der Waals surface area (Å²) < 4.78 is 5.96. The highest BCUT2D eigenvalue weighted by Gasteiger charge is 2.31. The Balaban J connectivity index is 1.89. The number of hydrogen-bond donors (Lipinski definition) is 1. The first-order valence-electron chi connectivity index (χ1n) is 8.20. The number of nitrogens with one attached hydrogen (secondary N) is 1. The molecular formula is C18H29NOS. The molecule has 118 valence electrons. The minimum Gasteiger partial charge on any atom is -0.494 e. The van der Waals surface area contributed by atoms with Crippen molar-refractivity contribution in [3.8, 4) is 5.75 Å². The molecule has 1 aliphatic rings. The Morgan fingerprint density at radius 3 is 2.43 bits per heavy atom.